The van der Waals surface area contributed by atoms with Crippen molar-refractivity contribution in [3.8, 4) is 0 Å². The van der Waals surface area contributed by atoms with Crippen molar-refractivity contribution in [2.45, 2.75) is 31.6 Å². The van der Waals surface area contributed by atoms with Crippen molar-refractivity contribution in [2.75, 3.05) is 12.4 Å². The minimum atomic E-state index is -0.895. The molecule has 0 amide bonds. The highest BCUT2D eigenvalue weighted by Gasteiger charge is 2.19. The smallest absolute Gasteiger partial charge is 0.139 e. The number of fused-ring (bicyclic) bond motifs is 1. The summed E-state index contributed by atoms with van der Waals surface area (Å²) in [7, 11) is -0.895. The minimum absolute atomic E-state index is 0.180. The maximum absolute atomic E-state index is 12.1. The Morgan fingerprint density at radius 2 is 2.47 bits per heavy atom. The molecule has 0 spiro atoms. The number of aromatic nitrogens is 2. The molecule has 1 fully saturated rings. The highest BCUT2D eigenvalue weighted by atomic mass is 32.2. The summed E-state index contributed by atoms with van der Waals surface area (Å²) < 4.78 is 19.6. The van der Waals surface area contributed by atoms with E-state index in [1.807, 2.05) is 35.9 Å². The van der Waals surface area contributed by atoms with E-state index in [0.29, 0.717) is 11.5 Å². The maximum Gasteiger partial charge on any atom is 0.139 e. The van der Waals surface area contributed by atoms with Gasteiger partial charge >= 0.3 is 0 Å². The lowest BCUT2D eigenvalue weighted by molar-refractivity contribution is 0.128. The summed E-state index contributed by atoms with van der Waals surface area (Å²) in [5, 5.41) is 0. The lowest BCUT2D eigenvalue weighted by Gasteiger charge is -2.07. The van der Waals surface area contributed by atoms with Crippen LogP contribution < -0.4 is 0 Å². The second kappa shape index (κ2) is 5.43. The molecule has 0 aromatic carbocycles. The van der Waals surface area contributed by atoms with Crippen LogP contribution >= 0.6 is 0 Å². The van der Waals surface area contributed by atoms with Crippen molar-refractivity contribution >= 4 is 16.4 Å². The molecule has 3 rings (SSSR count). The molecule has 0 N–H and O–H groups in total. The molecule has 0 radical (unpaired) electrons. The molecular weight excluding hydrogens is 260 g/mol. The van der Waals surface area contributed by atoms with E-state index in [1.165, 1.54) is 0 Å². The van der Waals surface area contributed by atoms with Crippen LogP contribution in [0.4, 0.5) is 0 Å². The van der Waals surface area contributed by atoms with Gasteiger partial charge in [0.15, 0.2) is 0 Å². The van der Waals surface area contributed by atoms with Crippen LogP contribution in [0.5, 0.6) is 0 Å². The van der Waals surface area contributed by atoms with Crippen LogP contribution in [0.1, 0.15) is 24.1 Å². The highest BCUT2D eigenvalue weighted by molar-refractivity contribution is 7.84. The van der Waals surface area contributed by atoms with Crippen molar-refractivity contribution in [3.05, 3.63) is 35.8 Å². The zero-order chi connectivity index (χ0) is 13.2. The van der Waals surface area contributed by atoms with Gasteiger partial charge in [-0.1, -0.05) is 6.07 Å². The second-order valence-corrected chi connectivity index (χ2v) is 6.54. The summed E-state index contributed by atoms with van der Waals surface area (Å²) in [5.74, 6) is 1.15. The van der Waals surface area contributed by atoms with E-state index < -0.39 is 10.8 Å². The SMILES string of the molecule is Cc1cccn2cc(CS(=O)CC3CCCO3)nc12. The lowest BCUT2D eigenvalue weighted by atomic mass is 10.3. The fourth-order valence-corrected chi connectivity index (χ4v) is 3.75. The monoisotopic (exact) mass is 278 g/mol. The number of aryl methyl sites for hydroxylation is 1. The summed E-state index contributed by atoms with van der Waals surface area (Å²) in [6, 6.07) is 4.03. The van der Waals surface area contributed by atoms with Gasteiger partial charge in [0.2, 0.25) is 0 Å². The predicted molar refractivity (Wildman–Crippen MR) is 75.6 cm³/mol. The van der Waals surface area contributed by atoms with Gasteiger partial charge < -0.3 is 9.14 Å². The Labute approximate surface area is 115 Å². The van der Waals surface area contributed by atoms with Gasteiger partial charge in [-0.05, 0) is 31.4 Å². The predicted octanol–water partition coefficient (Wildman–Crippen LogP) is 2.07. The molecule has 0 aliphatic carbocycles. The standard InChI is InChI=1S/C14H18N2O2S/c1-11-4-2-6-16-8-12(15-14(11)16)9-19(17)10-13-5-3-7-18-13/h2,4,6,8,13H,3,5,7,9-10H2,1H3. The van der Waals surface area contributed by atoms with Crippen LogP contribution in [0.15, 0.2) is 24.5 Å². The quantitative estimate of drug-likeness (QED) is 0.860. The van der Waals surface area contributed by atoms with Crippen LogP contribution in [0.3, 0.4) is 0 Å². The van der Waals surface area contributed by atoms with E-state index in [1.54, 1.807) is 0 Å². The molecule has 2 aromatic heterocycles. The average molecular weight is 278 g/mol. The fraction of sp³-hybridized carbons (Fsp3) is 0.500. The first kappa shape index (κ1) is 12.8. The van der Waals surface area contributed by atoms with Crippen LogP contribution in [0.2, 0.25) is 0 Å². The van der Waals surface area contributed by atoms with E-state index in [4.69, 9.17) is 4.74 Å². The molecule has 1 aliphatic heterocycles. The van der Waals surface area contributed by atoms with Gasteiger partial charge in [-0.2, -0.15) is 0 Å². The van der Waals surface area contributed by atoms with Crippen molar-refractivity contribution in [2.24, 2.45) is 0 Å². The third-order valence-corrected chi connectivity index (χ3v) is 4.79. The summed E-state index contributed by atoms with van der Waals surface area (Å²) in [5.41, 5.74) is 2.98. The zero-order valence-corrected chi connectivity index (χ0v) is 11.9. The number of hydrogen-bond donors (Lipinski definition) is 0. The van der Waals surface area contributed by atoms with Crippen LogP contribution in [0, 0.1) is 6.92 Å². The van der Waals surface area contributed by atoms with Crippen LogP contribution in [-0.2, 0) is 21.3 Å². The van der Waals surface area contributed by atoms with Gasteiger partial charge in [-0.3, -0.25) is 4.21 Å². The second-order valence-electron chi connectivity index (χ2n) is 5.04. The van der Waals surface area contributed by atoms with Crippen LogP contribution in [0.25, 0.3) is 5.65 Å². The lowest BCUT2D eigenvalue weighted by Crippen LogP contribution is -2.16. The van der Waals surface area contributed by atoms with Gasteiger partial charge in [-0.25, -0.2) is 4.98 Å². The van der Waals surface area contributed by atoms with E-state index in [2.05, 4.69) is 4.98 Å². The molecule has 2 atom stereocenters. The topological polar surface area (TPSA) is 43.6 Å². The van der Waals surface area contributed by atoms with Gasteiger partial charge in [0.25, 0.3) is 0 Å². The zero-order valence-electron chi connectivity index (χ0n) is 11.0. The molecule has 5 heteroatoms. The van der Waals surface area contributed by atoms with E-state index in [9.17, 15) is 4.21 Å². The average Bonchev–Trinajstić information content (AvgIpc) is 2.98. The molecule has 2 aromatic rings. The van der Waals surface area contributed by atoms with Crippen LogP contribution in [-0.4, -0.2) is 32.1 Å². The van der Waals surface area contributed by atoms with E-state index in [-0.39, 0.29) is 6.10 Å². The van der Waals surface area contributed by atoms with Gasteiger partial charge in [-0.15, -0.1) is 0 Å². The highest BCUT2D eigenvalue weighted by Crippen LogP contribution is 2.15. The molecule has 2 unspecified atom stereocenters. The van der Waals surface area contributed by atoms with E-state index >= 15 is 0 Å². The first-order valence-corrected chi connectivity index (χ1v) is 8.11. The molecular formula is C14H18N2O2S. The van der Waals surface area contributed by atoms with Crippen molar-refractivity contribution < 1.29 is 8.95 Å². The minimum Gasteiger partial charge on any atom is -0.377 e. The Hall–Kier alpha value is -1.20. The number of pyridine rings is 1. The molecule has 1 aliphatic rings. The summed E-state index contributed by atoms with van der Waals surface area (Å²) >= 11 is 0. The van der Waals surface area contributed by atoms with Crippen molar-refractivity contribution in [1.82, 2.24) is 9.38 Å². The molecule has 102 valence electrons. The Morgan fingerprint density at radius 1 is 1.58 bits per heavy atom. The summed E-state index contributed by atoms with van der Waals surface area (Å²) in [4.78, 5) is 4.56. The largest absolute Gasteiger partial charge is 0.377 e. The molecule has 0 bridgehead atoms. The maximum atomic E-state index is 12.1. The molecule has 1 saturated heterocycles. The third-order valence-electron chi connectivity index (χ3n) is 3.43. The Kier molecular flexibility index (Phi) is 3.66. The molecule has 4 nitrogen and oxygen atoms in total. The number of hydrogen-bond acceptors (Lipinski definition) is 3. The molecule has 19 heavy (non-hydrogen) atoms. The van der Waals surface area contributed by atoms with Gasteiger partial charge in [0.05, 0.1) is 23.3 Å². The number of rotatable bonds is 4. The Balaban J connectivity index is 1.70. The summed E-state index contributed by atoms with van der Waals surface area (Å²) in [6.45, 7) is 2.85. The van der Waals surface area contributed by atoms with Crippen molar-refractivity contribution in [3.63, 3.8) is 0 Å². The van der Waals surface area contributed by atoms with Gasteiger partial charge in [0, 0.05) is 29.8 Å². The van der Waals surface area contributed by atoms with E-state index in [0.717, 1.165) is 36.4 Å². The fourth-order valence-electron chi connectivity index (χ4n) is 2.48. The number of ether oxygens (including phenoxy) is 1. The number of imidazole rings is 1. The first-order valence-electron chi connectivity index (χ1n) is 6.62. The first-order chi connectivity index (χ1) is 9.22. The normalized spacial score (nSPS) is 21.0. The Bertz CT molecular complexity index is 603. The summed E-state index contributed by atoms with van der Waals surface area (Å²) in [6.07, 6.45) is 6.25. The Morgan fingerprint density at radius 3 is 3.21 bits per heavy atom. The van der Waals surface area contributed by atoms with Gasteiger partial charge in [0.1, 0.15) is 5.65 Å². The molecule has 3 heterocycles. The number of nitrogens with zero attached hydrogens (tertiary/aromatic N) is 2. The third kappa shape index (κ3) is 2.87. The van der Waals surface area contributed by atoms with Crippen molar-refractivity contribution in [1.29, 1.82) is 0 Å². The molecule has 0 saturated carbocycles.